The van der Waals surface area contributed by atoms with Crippen molar-refractivity contribution in [3.05, 3.63) is 101 Å². The van der Waals surface area contributed by atoms with Crippen molar-refractivity contribution in [2.75, 3.05) is 7.11 Å². The van der Waals surface area contributed by atoms with Crippen molar-refractivity contribution in [2.45, 2.75) is 20.3 Å². The fourth-order valence-corrected chi connectivity index (χ4v) is 3.51. The van der Waals surface area contributed by atoms with Crippen LogP contribution in [0.5, 0.6) is 17.2 Å². The number of benzene rings is 4. The predicted octanol–water partition coefficient (Wildman–Crippen LogP) is 6.16. The molecule has 5 nitrogen and oxygen atoms in total. The zero-order valence-corrected chi connectivity index (χ0v) is 18.8. The van der Waals surface area contributed by atoms with Gasteiger partial charge in [0.15, 0.2) is 0 Å². The van der Waals surface area contributed by atoms with Crippen molar-refractivity contribution < 1.29 is 23.8 Å². The van der Waals surface area contributed by atoms with Gasteiger partial charge in [-0.1, -0.05) is 31.2 Å². The summed E-state index contributed by atoms with van der Waals surface area (Å²) in [5, 5.41) is 1.68. The lowest BCUT2D eigenvalue weighted by Crippen LogP contribution is -2.09. The van der Waals surface area contributed by atoms with Crippen LogP contribution in [0.2, 0.25) is 0 Å². The quantitative estimate of drug-likeness (QED) is 0.265. The molecule has 0 amide bonds. The smallest absolute Gasteiger partial charge is 0.343 e. The van der Waals surface area contributed by atoms with Crippen molar-refractivity contribution in [3.8, 4) is 17.2 Å². The summed E-state index contributed by atoms with van der Waals surface area (Å²) < 4.78 is 16.2. The normalized spacial score (nSPS) is 10.6. The van der Waals surface area contributed by atoms with Crippen LogP contribution in [-0.4, -0.2) is 19.0 Å². The van der Waals surface area contributed by atoms with E-state index in [9.17, 15) is 9.59 Å². The monoisotopic (exact) mass is 440 g/mol. The van der Waals surface area contributed by atoms with Gasteiger partial charge in [0.1, 0.15) is 17.2 Å². The predicted molar refractivity (Wildman–Crippen MR) is 127 cm³/mol. The van der Waals surface area contributed by atoms with Gasteiger partial charge in [-0.15, -0.1) is 0 Å². The number of carbonyl (C=O) groups excluding carboxylic acids is 2. The van der Waals surface area contributed by atoms with Gasteiger partial charge in [0.25, 0.3) is 0 Å². The average Bonchev–Trinajstić information content (AvgIpc) is 2.84. The van der Waals surface area contributed by atoms with Crippen LogP contribution >= 0.6 is 0 Å². The Morgan fingerprint density at radius 3 is 2.03 bits per heavy atom. The molecule has 0 heterocycles. The van der Waals surface area contributed by atoms with Crippen molar-refractivity contribution in [3.63, 3.8) is 0 Å². The van der Waals surface area contributed by atoms with Gasteiger partial charge in [-0.2, -0.15) is 0 Å². The van der Waals surface area contributed by atoms with Gasteiger partial charge >= 0.3 is 11.9 Å². The molecule has 0 aromatic heterocycles. The molecule has 0 saturated carbocycles. The van der Waals surface area contributed by atoms with E-state index in [0.29, 0.717) is 28.4 Å². The first-order valence-electron chi connectivity index (χ1n) is 10.7. The van der Waals surface area contributed by atoms with E-state index in [4.69, 9.17) is 14.2 Å². The molecule has 5 heteroatoms. The molecule has 166 valence electrons. The molecule has 0 N–H and O–H groups in total. The highest BCUT2D eigenvalue weighted by atomic mass is 16.5. The molecule has 0 spiro atoms. The van der Waals surface area contributed by atoms with Gasteiger partial charge in [-0.3, -0.25) is 0 Å². The molecule has 0 aliphatic carbocycles. The molecule has 0 aliphatic rings. The molecule has 0 saturated heterocycles. The van der Waals surface area contributed by atoms with Crippen LogP contribution in [-0.2, 0) is 6.42 Å². The Balaban J connectivity index is 1.49. The maximum Gasteiger partial charge on any atom is 0.343 e. The van der Waals surface area contributed by atoms with Crippen molar-refractivity contribution in [1.29, 1.82) is 0 Å². The number of fused-ring (bicyclic) bond motifs is 1. The first-order chi connectivity index (χ1) is 16.0. The minimum atomic E-state index is -0.457. The molecule has 0 aliphatic heterocycles. The molecule has 0 atom stereocenters. The summed E-state index contributed by atoms with van der Waals surface area (Å²) in [5.41, 5.74) is 2.99. The Kier molecular flexibility index (Phi) is 6.41. The maximum absolute atomic E-state index is 12.7. The van der Waals surface area contributed by atoms with Gasteiger partial charge in [-0.05, 0) is 89.8 Å². The lowest BCUT2D eigenvalue weighted by atomic mass is 10.1. The number of carbonyl (C=O) groups is 2. The molecular weight excluding hydrogens is 416 g/mol. The summed E-state index contributed by atoms with van der Waals surface area (Å²) >= 11 is 0. The number of hydrogen-bond acceptors (Lipinski definition) is 5. The largest absolute Gasteiger partial charge is 0.497 e. The Hall–Kier alpha value is -4.12. The number of esters is 2. The molecule has 33 heavy (non-hydrogen) atoms. The van der Waals surface area contributed by atoms with E-state index in [0.717, 1.165) is 22.8 Å². The van der Waals surface area contributed by atoms with Crippen LogP contribution in [0.15, 0.2) is 78.9 Å². The van der Waals surface area contributed by atoms with E-state index >= 15 is 0 Å². The first kappa shape index (κ1) is 22.1. The lowest BCUT2D eigenvalue weighted by molar-refractivity contribution is 0.0725. The van der Waals surface area contributed by atoms with Gasteiger partial charge in [0, 0.05) is 0 Å². The SMILES string of the molecule is CCc1ccc(OC(=O)c2ccc3cc(OC(=O)c4ccc(OC)cc4)ccc3c2)c(C)c1. The van der Waals surface area contributed by atoms with Gasteiger partial charge in [-0.25, -0.2) is 9.59 Å². The Labute approximate surface area is 192 Å². The Morgan fingerprint density at radius 1 is 0.697 bits per heavy atom. The summed E-state index contributed by atoms with van der Waals surface area (Å²) in [6.07, 6.45) is 0.928. The number of ether oxygens (including phenoxy) is 3. The second-order valence-corrected chi connectivity index (χ2v) is 7.68. The van der Waals surface area contributed by atoms with Crippen LogP contribution in [0.25, 0.3) is 10.8 Å². The zero-order chi connectivity index (χ0) is 23.4. The third kappa shape index (κ3) is 5.04. The molecule has 0 bridgehead atoms. The molecular formula is C28H24O5. The number of methoxy groups -OCH3 is 1. The Bertz CT molecular complexity index is 1320. The number of aryl methyl sites for hydroxylation is 2. The van der Waals surface area contributed by atoms with Gasteiger partial charge < -0.3 is 14.2 Å². The average molecular weight is 440 g/mol. The van der Waals surface area contributed by atoms with E-state index in [1.54, 1.807) is 55.6 Å². The maximum atomic E-state index is 12.7. The zero-order valence-electron chi connectivity index (χ0n) is 18.8. The Morgan fingerprint density at radius 2 is 1.33 bits per heavy atom. The number of hydrogen-bond donors (Lipinski definition) is 0. The lowest BCUT2D eigenvalue weighted by Gasteiger charge is -2.10. The van der Waals surface area contributed by atoms with Crippen LogP contribution in [0, 0.1) is 6.92 Å². The minimum Gasteiger partial charge on any atom is -0.497 e. The minimum absolute atomic E-state index is 0.417. The summed E-state index contributed by atoms with van der Waals surface area (Å²) in [6.45, 7) is 4.01. The van der Waals surface area contributed by atoms with E-state index in [-0.39, 0.29) is 0 Å². The summed E-state index contributed by atoms with van der Waals surface area (Å²) in [4.78, 5) is 25.1. The highest BCUT2D eigenvalue weighted by molar-refractivity contribution is 5.97. The number of rotatable bonds is 6. The van der Waals surface area contributed by atoms with Crippen LogP contribution in [0.1, 0.15) is 38.8 Å². The molecule has 4 aromatic carbocycles. The summed E-state index contributed by atoms with van der Waals surface area (Å²) in [5.74, 6) is 0.768. The topological polar surface area (TPSA) is 61.8 Å². The van der Waals surface area contributed by atoms with E-state index in [2.05, 4.69) is 6.92 Å². The standard InChI is InChI=1S/C28H24O5/c1-4-19-5-14-26(18(2)15-19)33-28(30)23-7-6-22-17-25(13-10-21(22)16-23)32-27(29)20-8-11-24(31-3)12-9-20/h5-17H,4H2,1-3H3. The third-order valence-corrected chi connectivity index (χ3v) is 5.43. The van der Waals surface area contributed by atoms with Gasteiger partial charge in [0.2, 0.25) is 0 Å². The molecule has 4 aromatic rings. The fraction of sp³-hybridized carbons (Fsp3) is 0.143. The third-order valence-electron chi connectivity index (χ3n) is 5.43. The molecule has 0 fully saturated rings. The van der Waals surface area contributed by atoms with Crippen LogP contribution < -0.4 is 14.2 Å². The first-order valence-corrected chi connectivity index (χ1v) is 10.7. The fourth-order valence-electron chi connectivity index (χ4n) is 3.51. The van der Waals surface area contributed by atoms with Gasteiger partial charge in [0.05, 0.1) is 18.2 Å². The molecule has 4 rings (SSSR count). The second-order valence-electron chi connectivity index (χ2n) is 7.68. The van der Waals surface area contributed by atoms with E-state index < -0.39 is 11.9 Å². The van der Waals surface area contributed by atoms with Crippen LogP contribution in [0.4, 0.5) is 0 Å². The van der Waals surface area contributed by atoms with E-state index in [1.807, 2.05) is 37.3 Å². The van der Waals surface area contributed by atoms with Crippen molar-refractivity contribution >= 4 is 22.7 Å². The van der Waals surface area contributed by atoms with E-state index in [1.165, 1.54) is 5.56 Å². The highest BCUT2D eigenvalue weighted by Gasteiger charge is 2.13. The molecule has 0 radical (unpaired) electrons. The second kappa shape index (κ2) is 9.57. The summed E-state index contributed by atoms with van der Waals surface area (Å²) in [7, 11) is 1.57. The highest BCUT2D eigenvalue weighted by Crippen LogP contribution is 2.25. The van der Waals surface area contributed by atoms with Crippen molar-refractivity contribution in [1.82, 2.24) is 0 Å². The summed E-state index contributed by atoms with van der Waals surface area (Å²) in [6, 6.07) is 23.1. The van der Waals surface area contributed by atoms with Crippen molar-refractivity contribution in [2.24, 2.45) is 0 Å². The van der Waals surface area contributed by atoms with Crippen LogP contribution in [0.3, 0.4) is 0 Å². The molecule has 0 unspecified atom stereocenters.